The lowest BCUT2D eigenvalue weighted by atomic mass is 10.0. The van der Waals surface area contributed by atoms with Gasteiger partial charge in [0.05, 0.1) is 25.7 Å². The summed E-state index contributed by atoms with van der Waals surface area (Å²) >= 11 is 0. The molecule has 1 amide bonds. The van der Waals surface area contributed by atoms with Gasteiger partial charge in [-0.25, -0.2) is 0 Å². The second kappa shape index (κ2) is 10.4. The summed E-state index contributed by atoms with van der Waals surface area (Å²) < 4.78 is 10.4. The molecule has 0 saturated carbocycles. The minimum Gasteiger partial charge on any atom is -0.497 e. The summed E-state index contributed by atoms with van der Waals surface area (Å²) in [6, 6.07) is 16.7. The first-order valence-electron chi connectivity index (χ1n) is 9.14. The van der Waals surface area contributed by atoms with Gasteiger partial charge in [-0.05, 0) is 43.5 Å². The summed E-state index contributed by atoms with van der Waals surface area (Å²) in [5, 5.41) is 2.96. The van der Waals surface area contributed by atoms with Gasteiger partial charge in [-0.2, -0.15) is 0 Å². The predicted octanol–water partition coefficient (Wildman–Crippen LogP) is 3.83. The number of esters is 1. The number of hydrogen-bond acceptors (Lipinski definition) is 4. The summed E-state index contributed by atoms with van der Waals surface area (Å²) in [6.45, 7) is 3.61. The Morgan fingerprint density at radius 2 is 1.67 bits per heavy atom. The SMILES string of the molecule is COc1ccc(C(CC(=O)OC(C)C)NC(=O)CCc2ccccc2)cc1. The van der Waals surface area contributed by atoms with Gasteiger partial charge in [0.2, 0.25) is 5.91 Å². The second-order valence-electron chi connectivity index (χ2n) is 6.62. The number of methoxy groups -OCH3 is 1. The number of aryl methyl sites for hydroxylation is 1. The number of hydrogen-bond donors (Lipinski definition) is 1. The third kappa shape index (κ3) is 7.13. The van der Waals surface area contributed by atoms with Crippen LogP contribution in [-0.4, -0.2) is 25.1 Å². The highest BCUT2D eigenvalue weighted by Gasteiger charge is 2.20. The van der Waals surface area contributed by atoms with Gasteiger partial charge >= 0.3 is 5.97 Å². The van der Waals surface area contributed by atoms with E-state index in [1.54, 1.807) is 21.0 Å². The molecule has 5 nitrogen and oxygen atoms in total. The van der Waals surface area contributed by atoms with Crippen molar-refractivity contribution in [2.45, 2.75) is 45.3 Å². The van der Waals surface area contributed by atoms with Gasteiger partial charge in [0.15, 0.2) is 0 Å². The Hall–Kier alpha value is -2.82. The van der Waals surface area contributed by atoms with Crippen molar-refractivity contribution in [2.24, 2.45) is 0 Å². The van der Waals surface area contributed by atoms with Gasteiger partial charge in [-0.1, -0.05) is 42.5 Å². The number of benzene rings is 2. The van der Waals surface area contributed by atoms with Gasteiger partial charge in [-0.3, -0.25) is 9.59 Å². The third-order valence-corrected chi connectivity index (χ3v) is 4.07. The number of rotatable bonds is 9. The Labute approximate surface area is 160 Å². The van der Waals surface area contributed by atoms with Crippen molar-refractivity contribution in [3.05, 3.63) is 65.7 Å². The predicted molar refractivity (Wildman–Crippen MR) is 104 cm³/mol. The number of carbonyl (C=O) groups is 2. The van der Waals surface area contributed by atoms with Crippen LogP contribution in [0.25, 0.3) is 0 Å². The van der Waals surface area contributed by atoms with E-state index in [1.165, 1.54) is 0 Å². The molecule has 1 N–H and O–H groups in total. The average Bonchev–Trinajstić information content (AvgIpc) is 2.66. The number of carbonyl (C=O) groups excluding carboxylic acids is 2. The van der Waals surface area contributed by atoms with Gasteiger partial charge in [0.1, 0.15) is 5.75 Å². The molecule has 0 heterocycles. The Kier molecular flexibility index (Phi) is 7.86. The fraction of sp³-hybridized carbons (Fsp3) is 0.364. The molecule has 2 rings (SSSR count). The van der Waals surface area contributed by atoms with Crippen LogP contribution >= 0.6 is 0 Å². The average molecular weight is 369 g/mol. The van der Waals surface area contributed by atoms with Gasteiger partial charge in [0, 0.05) is 6.42 Å². The molecule has 0 saturated heterocycles. The van der Waals surface area contributed by atoms with E-state index in [2.05, 4.69) is 5.32 Å². The molecular formula is C22H27NO4. The van der Waals surface area contributed by atoms with Gasteiger partial charge in [0.25, 0.3) is 0 Å². The Morgan fingerprint density at radius 1 is 1.00 bits per heavy atom. The molecule has 1 atom stereocenters. The van der Waals surface area contributed by atoms with Crippen LogP contribution < -0.4 is 10.1 Å². The topological polar surface area (TPSA) is 64.6 Å². The Bertz CT molecular complexity index is 726. The van der Waals surface area contributed by atoms with Gasteiger partial charge < -0.3 is 14.8 Å². The maximum Gasteiger partial charge on any atom is 0.308 e. The van der Waals surface area contributed by atoms with Crippen LogP contribution in [0.3, 0.4) is 0 Å². The first-order valence-corrected chi connectivity index (χ1v) is 9.14. The number of nitrogens with one attached hydrogen (secondary N) is 1. The lowest BCUT2D eigenvalue weighted by Gasteiger charge is -2.20. The van der Waals surface area contributed by atoms with Crippen LogP contribution in [0.1, 0.15) is 43.9 Å². The first kappa shape index (κ1) is 20.5. The molecule has 2 aromatic rings. The van der Waals surface area contributed by atoms with Crippen LogP contribution in [0.15, 0.2) is 54.6 Å². The van der Waals surface area contributed by atoms with E-state index >= 15 is 0 Å². The zero-order chi connectivity index (χ0) is 19.6. The fourth-order valence-corrected chi connectivity index (χ4v) is 2.74. The molecule has 0 aliphatic rings. The van der Waals surface area contributed by atoms with Crippen LogP contribution in [0.4, 0.5) is 0 Å². The maximum atomic E-state index is 12.4. The van der Waals surface area contributed by atoms with E-state index in [-0.39, 0.29) is 24.4 Å². The van der Waals surface area contributed by atoms with E-state index in [0.29, 0.717) is 12.8 Å². The zero-order valence-electron chi connectivity index (χ0n) is 16.1. The van der Waals surface area contributed by atoms with Crippen molar-refractivity contribution >= 4 is 11.9 Å². The monoisotopic (exact) mass is 369 g/mol. The molecule has 0 spiro atoms. The highest BCUT2D eigenvalue weighted by molar-refractivity contribution is 5.78. The maximum absolute atomic E-state index is 12.4. The lowest BCUT2D eigenvalue weighted by molar-refractivity contribution is -0.148. The van der Waals surface area contributed by atoms with Crippen LogP contribution in [0.5, 0.6) is 5.75 Å². The molecule has 144 valence electrons. The van der Waals surface area contributed by atoms with E-state index < -0.39 is 6.04 Å². The van der Waals surface area contributed by atoms with E-state index in [9.17, 15) is 9.59 Å². The third-order valence-electron chi connectivity index (χ3n) is 4.07. The molecular weight excluding hydrogens is 342 g/mol. The second-order valence-corrected chi connectivity index (χ2v) is 6.62. The highest BCUT2D eigenvalue weighted by atomic mass is 16.5. The van der Waals surface area contributed by atoms with Crippen LogP contribution in [0.2, 0.25) is 0 Å². The summed E-state index contributed by atoms with van der Waals surface area (Å²) in [6.07, 6.45) is 0.901. The Balaban J connectivity index is 2.03. The fourth-order valence-electron chi connectivity index (χ4n) is 2.74. The lowest BCUT2D eigenvalue weighted by Crippen LogP contribution is -2.31. The van der Waals surface area contributed by atoms with Crippen molar-refractivity contribution in [1.29, 1.82) is 0 Å². The summed E-state index contributed by atoms with van der Waals surface area (Å²) in [5.41, 5.74) is 1.94. The molecule has 5 heteroatoms. The smallest absolute Gasteiger partial charge is 0.308 e. The molecule has 0 bridgehead atoms. The molecule has 27 heavy (non-hydrogen) atoms. The zero-order valence-corrected chi connectivity index (χ0v) is 16.1. The highest BCUT2D eigenvalue weighted by Crippen LogP contribution is 2.21. The normalized spacial score (nSPS) is 11.7. The van der Waals surface area contributed by atoms with Crippen molar-refractivity contribution in [1.82, 2.24) is 5.32 Å². The van der Waals surface area contributed by atoms with E-state index in [1.807, 2.05) is 54.6 Å². The van der Waals surface area contributed by atoms with Gasteiger partial charge in [-0.15, -0.1) is 0 Å². The summed E-state index contributed by atoms with van der Waals surface area (Å²) in [7, 11) is 1.60. The molecule has 1 unspecified atom stereocenters. The molecule has 0 aromatic heterocycles. The Morgan fingerprint density at radius 3 is 2.26 bits per heavy atom. The number of ether oxygens (including phenoxy) is 2. The molecule has 0 aliphatic heterocycles. The standard InChI is InChI=1S/C22H27NO4/c1-16(2)27-22(25)15-20(18-10-12-19(26-3)13-11-18)23-21(24)14-9-17-7-5-4-6-8-17/h4-8,10-13,16,20H,9,14-15H2,1-3H3,(H,23,24). The molecule has 0 radical (unpaired) electrons. The molecule has 0 aliphatic carbocycles. The van der Waals surface area contributed by atoms with Crippen LogP contribution in [0, 0.1) is 0 Å². The van der Waals surface area contributed by atoms with Crippen molar-refractivity contribution < 1.29 is 19.1 Å². The van der Waals surface area contributed by atoms with Crippen molar-refractivity contribution in [2.75, 3.05) is 7.11 Å². The summed E-state index contributed by atoms with van der Waals surface area (Å²) in [4.78, 5) is 24.6. The van der Waals surface area contributed by atoms with Crippen LogP contribution in [-0.2, 0) is 20.7 Å². The van der Waals surface area contributed by atoms with Crippen molar-refractivity contribution in [3.8, 4) is 5.75 Å². The molecule has 2 aromatic carbocycles. The largest absolute Gasteiger partial charge is 0.497 e. The van der Waals surface area contributed by atoms with E-state index in [4.69, 9.17) is 9.47 Å². The number of amides is 1. The minimum atomic E-state index is -0.439. The molecule has 0 fully saturated rings. The quantitative estimate of drug-likeness (QED) is 0.683. The minimum absolute atomic E-state index is 0.0849. The van der Waals surface area contributed by atoms with Crippen molar-refractivity contribution in [3.63, 3.8) is 0 Å². The summed E-state index contributed by atoms with van der Waals surface area (Å²) in [5.74, 6) is 0.281. The van der Waals surface area contributed by atoms with E-state index in [0.717, 1.165) is 16.9 Å². The first-order chi connectivity index (χ1) is 13.0.